The summed E-state index contributed by atoms with van der Waals surface area (Å²) in [7, 11) is -1.88. The lowest BCUT2D eigenvalue weighted by atomic mass is 10.4. The summed E-state index contributed by atoms with van der Waals surface area (Å²) in [4.78, 5) is 0. The Morgan fingerprint density at radius 2 is 1.39 bits per heavy atom. The summed E-state index contributed by atoms with van der Waals surface area (Å²) in [5, 5.41) is 1.24. The average molecular weight is 269 g/mol. The molecule has 0 aliphatic rings. The van der Waals surface area contributed by atoms with Crippen LogP contribution in [0.2, 0.25) is 0 Å². The zero-order valence-electron chi connectivity index (χ0n) is 11.9. The largest absolute Gasteiger partial charge is 0.306 e. The van der Waals surface area contributed by atoms with Crippen LogP contribution in [0.25, 0.3) is 0 Å². The van der Waals surface area contributed by atoms with Crippen LogP contribution in [0.4, 0.5) is 0 Å². The summed E-state index contributed by atoms with van der Waals surface area (Å²) < 4.78 is 12.4. The third-order valence-electron chi connectivity index (χ3n) is 2.68. The first-order valence-electron chi connectivity index (χ1n) is 7.01. The molecule has 0 radical (unpaired) electrons. The van der Waals surface area contributed by atoms with Crippen LogP contribution in [0.5, 0.6) is 0 Å². The molecule has 1 aromatic carbocycles. The standard InChI is InChI=1S/C15H26O2P/c1-4-12-16-18(14-6-3,17-13-5-2)15-10-8-7-9-11-15/h7-11H,4-6,12-14H2,1-3H3/q+1. The predicted molar refractivity (Wildman–Crippen MR) is 80.6 cm³/mol. The predicted octanol–water partition coefficient (Wildman–Crippen LogP) is 4.42. The van der Waals surface area contributed by atoms with Gasteiger partial charge in [-0.3, -0.25) is 0 Å². The summed E-state index contributed by atoms with van der Waals surface area (Å²) in [6.45, 7) is 8.05. The first-order chi connectivity index (χ1) is 8.79. The van der Waals surface area contributed by atoms with Crippen LogP contribution in [0.3, 0.4) is 0 Å². The molecule has 0 atom stereocenters. The number of hydrogen-bond donors (Lipinski definition) is 0. The van der Waals surface area contributed by atoms with Crippen LogP contribution in [0, 0.1) is 0 Å². The quantitative estimate of drug-likeness (QED) is 0.618. The summed E-state index contributed by atoms with van der Waals surface area (Å²) in [5.41, 5.74) is 0. The molecule has 0 unspecified atom stereocenters. The lowest BCUT2D eigenvalue weighted by molar-refractivity contribution is 0.238. The molecule has 0 aliphatic heterocycles. The molecule has 0 fully saturated rings. The third kappa shape index (κ3) is 4.35. The monoisotopic (exact) mass is 269 g/mol. The maximum absolute atomic E-state index is 6.20. The highest BCUT2D eigenvalue weighted by Gasteiger charge is 2.43. The van der Waals surface area contributed by atoms with Crippen LogP contribution in [0.1, 0.15) is 40.0 Å². The van der Waals surface area contributed by atoms with Crippen molar-refractivity contribution in [2.75, 3.05) is 19.4 Å². The highest BCUT2D eigenvalue weighted by atomic mass is 31.2. The van der Waals surface area contributed by atoms with E-state index in [2.05, 4.69) is 45.0 Å². The second-order valence-electron chi connectivity index (χ2n) is 4.40. The van der Waals surface area contributed by atoms with Crippen molar-refractivity contribution in [2.24, 2.45) is 0 Å². The van der Waals surface area contributed by atoms with Gasteiger partial charge in [-0.15, -0.1) is 0 Å². The second kappa shape index (κ2) is 8.63. The van der Waals surface area contributed by atoms with Gasteiger partial charge in [-0.1, -0.05) is 39.0 Å². The van der Waals surface area contributed by atoms with Crippen LogP contribution < -0.4 is 5.30 Å². The fourth-order valence-corrected chi connectivity index (χ4v) is 4.93. The maximum atomic E-state index is 6.20. The summed E-state index contributed by atoms with van der Waals surface area (Å²) in [6.07, 6.45) is 4.18. The van der Waals surface area contributed by atoms with Gasteiger partial charge >= 0.3 is 7.72 Å². The van der Waals surface area contributed by atoms with Crippen LogP contribution in [0.15, 0.2) is 30.3 Å². The van der Waals surface area contributed by atoms with Crippen LogP contribution in [-0.2, 0) is 9.05 Å². The van der Waals surface area contributed by atoms with Gasteiger partial charge in [0, 0.05) is 0 Å². The normalized spacial score (nSPS) is 11.7. The lowest BCUT2D eigenvalue weighted by Crippen LogP contribution is -2.20. The summed E-state index contributed by atoms with van der Waals surface area (Å²) in [5.74, 6) is 0. The molecule has 2 nitrogen and oxygen atoms in total. The van der Waals surface area contributed by atoms with Crippen LogP contribution in [-0.4, -0.2) is 19.4 Å². The van der Waals surface area contributed by atoms with E-state index in [1.807, 2.05) is 6.07 Å². The minimum atomic E-state index is -1.88. The molecular formula is C15H26O2P+. The smallest absolute Gasteiger partial charge is 0.201 e. The Kier molecular flexibility index (Phi) is 7.50. The molecule has 102 valence electrons. The van der Waals surface area contributed by atoms with Crippen molar-refractivity contribution < 1.29 is 9.05 Å². The zero-order chi connectivity index (χ0) is 13.3. The first kappa shape index (κ1) is 15.6. The zero-order valence-corrected chi connectivity index (χ0v) is 12.8. The van der Waals surface area contributed by atoms with E-state index in [4.69, 9.17) is 9.05 Å². The molecule has 1 rings (SSSR count). The second-order valence-corrected chi connectivity index (χ2v) is 7.23. The Morgan fingerprint density at radius 3 is 1.83 bits per heavy atom. The van der Waals surface area contributed by atoms with E-state index in [-0.39, 0.29) is 0 Å². The van der Waals surface area contributed by atoms with Gasteiger partial charge in [0.05, 0.1) is 13.2 Å². The van der Waals surface area contributed by atoms with Gasteiger partial charge in [0.2, 0.25) is 0 Å². The molecular weight excluding hydrogens is 243 g/mol. The fraction of sp³-hybridized carbons (Fsp3) is 0.600. The van der Waals surface area contributed by atoms with Gasteiger partial charge in [-0.05, 0) is 31.4 Å². The van der Waals surface area contributed by atoms with E-state index < -0.39 is 7.72 Å². The summed E-state index contributed by atoms with van der Waals surface area (Å²) in [6, 6.07) is 10.5. The first-order valence-corrected chi connectivity index (χ1v) is 8.82. The van der Waals surface area contributed by atoms with Gasteiger partial charge in [0.25, 0.3) is 0 Å². The van der Waals surface area contributed by atoms with Crippen molar-refractivity contribution in [2.45, 2.75) is 40.0 Å². The average Bonchev–Trinajstić information content (AvgIpc) is 2.43. The van der Waals surface area contributed by atoms with E-state index in [0.29, 0.717) is 0 Å². The fourth-order valence-electron chi connectivity index (χ4n) is 1.87. The van der Waals surface area contributed by atoms with Crippen molar-refractivity contribution in [3.05, 3.63) is 30.3 Å². The Balaban J connectivity index is 2.94. The molecule has 0 aliphatic carbocycles. The van der Waals surface area contributed by atoms with E-state index in [9.17, 15) is 0 Å². The highest BCUT2D eigenvalue weighted by molar-refractivity contribution is 7.74. The van der Waals surface area contributed by atoms with Gasteiger partial charge in [0.15, 0.2) is 5.30 Å². The minimum absolute atomic E-state index is 0.784. The SMILES string of the molecule is CCCO[P+](CCC)(OCCC)c1ccccc1. The molecule has 0 saturated heterocycles. The molecule has 0 heterocycles. The van der Waals surface area contributed by atoms with Crippen molar-refractivity contribution in [1.82, 2.24) is 0 Å². The Hall–Kier alpha value is -0.430. The number of hydrogen-bond acceptors (Lipinski definition) is 2. The van der Waals surface area contributed by atoms with Gasteiger partial charge < -0.3 is 0 Å². The third-order valence-corrected chi connectivity index (χ3v) is 6.00. The van der Waals surface area contributed by atoms with E-state index in [1.54, 1.807) is 0 Å². The number of benzene rings is 1. The summed E-state index contributed by atoms with van der Waals surface area (Å²) >= 11 is 0. The van der Waals surface area contributed by atoms with Crippen LogP contribution >= 0.6 is 7.72 Å². The molecule has 0 N–H and O–H groups in total. The molecule has 0 bridgehead atoms. The van der Waals surface area contributed by atoms with Crippen molar-refractivity contribution in [3.63, 3.8) is 0 Å². The molecule has 3 heteroatoms. The minimum Gasteiger partial charge on any atom is -0.201 e. The topological polar surface area (TPSA) is 18.5 Å². The highest BCUT2D eigenvalue weighted by Crippen LogP contribution is 2.60. The van der Waals surface area contributed by atoms with Crippen molar-refractivity contribution >= 4 is 13.0 Å². The van der Waals surface area contributed by atoms with E-state index in [1.165, 1.54) is 5.30 Å². The van der Waals surface area contributed by atoms with E-state index in [0.717, 1.165) is 38.6 Å². The van der Waals surface area contributed by atoms with Gasteiger partial charge in [0.1, 0.15) is 6.16 Å². The molecule has 0 saturated carbocycles. The molecule has 0 spiro atoms. The van der Waals surface area contributed by atoms with Crippen molar-refractivity contribution in [1.29, 1.82) is 0 Å². The Morgan fingerprint density at radius 1 is 0.833 bits per heavy atom. The Labute approximate surface area is 112 Å². The Bertz CT molecular complexity index is 306. The molecule has 0 aromatic heterocycles. The lowest BCUT2D eigenvalue weighted by Gasteiger charge is -2.23. The van der Waals surface area contributed by atoms with E-state index >= 15 is 0 Å². The van der Waals surface area contributed by atoms with Gasteiger partial charge in [-0.2, -0.15) is 0 Å². The molecule has 1 aromatic rings. The molecule has 0 amide bonds. The van der Waals surface area contributed by atoms with Crippen molar-refractivity contribution in [3.8, 4) is 0 Å². The molecule has 18 heavy (non-hydrogen) atoms. The van der Waals surface area contributed by atoms with Gasteiger partial charge in [-0.25, -0.2) is 9.05 Å². The maximum Gasteiger partial charge on any atom is 0.306 e. The number of rotatable bonds is 9.